The quantitative estimate of drug-likeness (QED) is 0.841. The molecule has 3 rings (SSSR count). The molecule has 0 amide bonds. The van der Waals surface area contributed by atoms with Gasteiger partial charge in [-0.15, -0.1) is 0 Å². The SMILES string of the molecule is CCS(=O)(=O)N1CC2CN(Cc3ccccc3F)C2C1. The maximum Gasteiger partial charge on any atom is 0.213 e. The molecule has 2 aliphatic heterocycles. The molecule has 2 unspecified atom stereocenters. The van der Waals surface area contributed by atoms with E-state index in [0.717, 1.165) is 6.54 Å². The Hall–Kier alpha value is -0.980. The summed E-state index contributed by atoms with van der Waals surface area (Å²) in [5.41, 5.74) is 0.683. The second-order valence-corrected chi connectivity index (χ2v) is 7.82. The first-order chi connectivity index (χ1) is 9.51. The van der Waals surface area contributed by atoms with Gasteiger partial charge in [-0.1, -0.05) is 18.2 Å². The molecule has 0 radical (unpaired) electrons. The van der Waals surface area contributed by atoms with Crippen LogP contribution in [-0.2, 0) is 16.6 Å². The molecular weight excluding hydrogens is 279 g/mol. The first-order valence-electron chi connectivity index (χ1n) is 6.96. The van der Waals surface area contributed by atoms with Crippen LogP contribution in [0.3, 0.4) is 0 Å². The molecule has 0 aliphatic carbocycles. The molecule has 0 N–H and O–H groups in total. The number of halogens is 1. The number of benzene rings is 1. The Labute approximate surface area is 119 Å². The van der Waals surface area contributed by atoms with E-state index >= 15 is 0 Å². The fourth-order valence-corrected chi connectivity index (χ4v) is 4.31. The Morgan fingerprint density at radius 2 is 2.00 bits per heavy atom. The minimum Gasteiger partial charge on any atom is -0.294 e. The van der Waals surface area contributed by atoms with Crippen LogP contribution in [0.1, 0.15) is 12.5 Å². The zero-order valence-corrected chi connectivity index (χ0v) is 12.3. The lowest BCUT2D eigenvalue weighted by Crippen LogP contribution is -2.54. The monoisotopic (exact) mass is 298 g/mol. The van der Waals surface area contributed by atoms with E-state index in [1.165, 1.54) is 6.07 Å². The second kappa shape index (κ2) is 5.09. The highest BCUT2D eigenvalue weighted by molar-refractivity contribution is 7.89. The second-order valence-electron chi connectivity index (χ2n) is 5.57. The predicted molar refractivity (Wildman–Crippen MR) is 75.1 cm³/mol. The molecule has 2 saturated heterocycles. The Bertz CT molecular complexity index is 605. The van der Waals surface area contributed by atoms with Crippen LogP contribution in [0.25, 0.3) is 0 Å². The van der Waals surface area contributed by atoms with Crippen LogP contribution in [0.5, 0.6) is 0 Å². The first-order valence-corrected chi connectivity index (χ1v) is 8.57. The summed E-state index contributed by atoms with van der Waals surface area (Å²) in [5, 5.41) is 0. The van der Waals surface area contributed by atoms with Gasteiger partial charge in [0.25, 0.3) is 0 Å². The summed E-state index contributed by atoms with van der Waals surface area (Å²) >= 11 is 0. The van der Waals surface area contributed by atoms with Gasteiger partial charge in [-0.25, -0.2) is 12.8 Å². The van der Waals surface area contributed by atoms with Crippen LogP contribution in [0.15, 0.2) is 24.3 Å². The van der Waals surface area contributed by atoms with Crippen molar-refractivity contribution in [2.24, 2.45) is 5.92 Å². The van der Waals surface area contributed by atoms with E-state index in [9.17, 15) is 12.8 Å². The van der Waals surface area contributed by atoms with Crippen molar-refractivity contribution in [1.82, 2.24) is 9.21 Å². The average Bonchev–Trinajstić information content (AvgIpc) is 2.76. The Kier molecular flexibility index (Phi) is 3.56. The number of fused-ring (bicyclic) bond motifs is 1. The lowest BCUT2D eigenvalue weighted by molar-refractivity contribution is 0.0425. The van der Waals surface area contributed by atoms with E-state index in [0.29, 0.717) is 31.1 Å². The highest BCUT2D eigenvalue weighted by atomic mass is 32.2. The van der Waals surface area contributed by atoms with Crippen molar-refractivity contribution in [2.45, 2.75) is 19.5 Å². The van der Waals surface area contributed by atoms with Crippen molar-refractivity contribution in [1.29, 1.82) is 0 Å². The molecule has 1 aromatic rings. The van der Waals surface area contributed by atoms with Crippen LogP contribution < -0.4 is 0 Å². The predicted octanol–water partition coefficient (Wildman–Crippen LogP) is 1.29. The maximum absolute atomic E-state index is 13.6. The normalized spacial score (nSPS) is 27.3. The van der Waals surface area contributed by atoms with E-state index in [-0.39, 0.29) is 17.6 Å². The molecule has 4 nitrogen and oxygen atoms in total. The fourth-order valence-electron chi connectivity index (χ4n) is 3.14. The molecule has 20 heavy (non-hydrogen) atoms. The molecular formula is C14H19FN2O2S. The first kappa shape index (κ1) is 14.0. The minimum absolute atomic E-state index is 0.153. The summed E-state index contributed by atoms with van der Waals surface area (Å²) < 4.78 is 39.0. The van der Waals surface area contributed by atoms with Crippen LogP contribution >= 0.6 is 0 Å². The van der Waals surface area contributed by atoms with Gasteiger partial charge in [-0.2, -0.15) is 4.31 Å². The third-order valence-corrected chi connectivity index (χ3v) is 6.22. The van der Waals surface area contributed by atoms with Crippen LogP contribution in [0, 0.1) is 11.7 Å². The third-order valence-electron chi connectivity index (χ3n) is 4.40. The number of rotatable bonds is 4. The molecule has 110 valence electrons. The smallest absolute Gasteiger partial charge is 0.213 e. The maximum atomic E-state index is 13.6. The summed E-state index contributed by atoms with van der Waals surface area (Å²) in [6, 6.07) is 7.02. The van der Waals surface area contributed by atoms with Crippen molar-refractivity contribution in [3.05, 3.63) is 35.6 Å². The van der Waals surface area contributed by atoms with Crippen LogP contribution in [0.4, 0.5) is 4.39 Å². The van der Waals surface area contributed by atoms with Gasteiger partial charge in [0.15, 0.2) is 0 Å². The zero-order valence-electron chi connectivity index (χ0n) is 11.5. The highest BCUT2D eigenvalue weighted by Gasteiger charge is 2.48. The number of sulfonamides is 1. The van der Waals surface area contributed by atoms with E-state index in [1.807, 2.05) is 6.07 Å². The molecule has 0 bridgehead atoms. The van der Waals surface area contributed by atoms with Gasteiger partial charge in [-0.05, 0) is 13.0 Å². The fraction of sp³-hybridized carbons (Fsp3) is 0.571. The van der Waals surface area contributed by atoms with Crippen LogP contribution in [-0.4, -0.2) is 49.1 Å². The zero-order chi connectivity index (χ0) is 14.3. The van der Waals surface area contributed by atoms with Gasteiger partial charge in [0.1, 0.15) is 5.82 Å². The summed E-state index contributed by atoms with van der Waals surface area (Å²) in [6.07, 6.45) is 0. The lowest BCUT2D eigenvalue weighted by atomic mass is 9.91. The number of nitrogens with zero attached hydrogens (tertiary/aromatic N) is 2. The Morgan fingerprint density at radius 3 is 2.70 bits per heavy atom. The average molecular weight is 298 g/mol. The molecule has 2 atom stereocenters. The standard InChI is InChI=1S/C14H19FN2O2S/c1-2-20(18,19)17-9-12-8-16(14(12)10-17)7-11-5-3-4-6-13(11)15/h3-6,12,14H,2,7-10H2,1H3. The molecule has 0 spiro atoms. The largest absolute Gasteiger partial charge is 0.294 e. The summed E-state index contributed by atoms with van der Waals surface area (Å²) in [7, 11) is -3.10. The molecule has 2 aliphatic rings. The highest BCUT2D eigenvalue weighted by Crippen LogP contribution is 2.35. The molecule has 0 saturated carbocycles. The number of likely N-dealkylation sites (tertiary alicyclic amines) is 1. The number of hydrogen-bond acceptors (Lipinski definition) is 3. The van der Waals surface area contributed by atoms with E-state index in [2.05, 4.69) is 4.90 Å². The Balaban J connectivity index is 1.66. The molecule has 2 fully saturated rings. The van der Waals surface area contributed by atoms with Gasteiger partial charge in [-0.3, -0.25) is 4.90 Å². The van der Waals surface area contributed by atoms with Gasteiger partial charge < -0.3 is 0 Å². The lowest BCUT2D eigenvalue weighted by Gasteiger charge is -2.43. The van der Waals surface area contributed by atoms with E-state index in [1.54, 1.807) is 23.4 Å². The van der Waals surface area contributed by atoms with Crippen molar-refractivity contribution >= 4 is 10.0 Å². The molecule has 0 aromatic heterocycles. The van der Waals surface area contributed by atoms with Gasteiger partial charge in [0.05, 0.1) is 5.75 Å². The van der Waals surface area contributed by atoms with Gasteiger partial charge in [0.2, 0.25) is 10.0 Å². The summed E-state index contributed by atoms with van der Waals surface area (Å²) in [6.45, 7) is 4.26. The topological polar surface area (TPSA) is 40.6 Å². The molecule has 2 heterocycles. The molecule has 6 heteroatoms. The molecule has 1 aromatic carbocycles. The van der Waals surface area contributed by atoms with E-state index < -0.39 is 10.0 Å². The number of hydrogen-bond donors (Lipinski definition) is 0. The summed E-state index contributed by atoms with van der Waals surface area (Å²) in [4.78, 5) is 2.17. The van der Waals surface area contributed by atoms with Crippen molar-refractivity contribution in [3.63, 3.8) is 0 Å². The van der Waals surface area contributed by atoms with Gasteiger partial charge in [0, 0.05) is 43.7 Å². The summed E-state index contributed by atoms with van der Waals surface area (Å²) in [5.74, 6) is 0.370. The van der Waals surface area contributed by atoms with Crippen molar-refractivity contribution in [3.8, 4) is 0 Å². The van der Waals surface area contributed by atoms with E-state index in [4.69, 9.17) is 0 Å². The van der Waals surface area contributed by atoms with Crippen molar-refractivity contribution < 1.29 is 12.8 Å². The van der Waals surface area contributed by atoms with Gasteiger partial charge >= 0.3 is 0 Å². The third kappa shape index (κ3) is 2.36. The van der Waals surface area contributed by atoms with Crippen LogP contribution in [0.2, 0.25) is 0 Å². The minimum atomic E-state index is -3.10. The Morgan fingerprint density at radius 1 is 1.25 bits per heavy atom. The van der Waals surface area contributed by atoms with Crippen molar-refractivity contribution in [2.75, 3.05) is 25.4 Å².